The van der Waals surface area contributed by atoms with E-state index in [-0.39, 0.29) is 11.5 Å². The van der Waals surface area contributed by atoms with E-state index >= 15 is 0 Å². The van der Waals surface area contributed by atoms with E-state index in [0.717, 1.165) is 11.3 Å². The summed E-state index contributed by atoms with van der Waals surface area (Å²) in [7, 11) is 1.51. The number of rotatable bonds is 7. The number of benzene rings is 1. The quantitative estimate of drug-likeness (QED) is 0.596. The molecule has 126 valence electrons. The molecule has 1 heterocycles. The van der Waals surface area contributed by atoms with Gasteiger partial charge >= 0.3 is 0 Å². The molecular formula is C16H15N2O5S-. The number of hydrazone groups is 1. The van der Waals surface area contributed by atoms with Crippen LogP contribution < -0.4 is 20.0 Å². The van der Waals surface area contributed by atoms with Crippen molar-refractivity contribution in [2.75, 3.05) is 13.7 Å². The summed E-state index contributed by atoms with van der Waals surface area (Å²) >= 11 is 1.02. The third kappa shape index (κ3) is 4.56. The van der Waals surface area contributed by atoms with Gasteiger partial charge in [-0.2, -0.15) is 5.10 Å². The van der Waals surface area contributed by atoms with E-state index in [1.807, 2.05) is 0 Å². The molecule has 0 spiro atoms. The average Bonchev–Trinajstić information content (AvgIpc) is 3.08. The molecule has 2 rings (SSSR count). The fraction of sp³-hybridized carbons (Fsp3) is 0.188. The van der Waals surface area contributed by atoms with Gasteiger partial charge in [0.05, 0.1) is 28.5 Å². The Morgan fingerprint density at radius 3 is 2.46 bits per heavy atom. The minimum absolute atomic E-state index is 0.102. The Labute approximate surface area is 142 Å². The summed E-state index contributed by atoms with van der Waals surface area (Å²) in [6.45, 7) is 1.43. The van der Waals surface area contributed by atoms with E-state index < -0.39 is 11.9 Å². The fourth-order valence-corrected chi connectivity index (χ4v) is 2.54. The normalized spacial score (nSPS) is 11.0. The van der Waals surface area contributed by atoms with Crippen molar-refractivity contribution in [3.63, 3.8) is 0 Å². The van der Waals surface area contributed by atoms with Crippen LogP contribution in [0, 0.1) is 0 Å². The van der Waals surface area contributed by atoms with Gasteiger partial charge < -0.3 is 19.4 Å². The number of carbonyl (C=O) groups excluding carboxylic acids is 2. The molecule has 1 aromatic carbocycles. The molecule has 0 saturated carbocycles. The first-order valence-corrected chi connectivity index (χ1v) is 7.73. The largest absolute Gasteiger partial charge is 0.544 e. The maximum absolute atomic E-state index is 11.8. The van der Waals surface area contributed by atoms with E-state index in [1.54, 1.807) is 37.3 Å². The van der Waals surface area contributed by atoms with Gasteiger partial charge in [-0.05, 0) is 31.2 Å². The van der Waals surface area contributed by atoms with Gasteiger partial charge in [0, 0.05) is 0 Å². The Balaban J connectivity index is 1.90. The smallest absolute Gasteiger partial charge is 0.277 e. The molecular weight excluding hydrogens is 332 g/mol. The lowest BCUT2D eigenvalue weighted by molar-refractivity contribution is -0.254. The number of nitrogens with zero attached hydrogens (tertiary/aromatic N) is 1. The van der Waals surface area contributed by atoms with Gasteiger partial charge in [-0.25, -0.2) is 5.43 Å². The van der Waals surface area contributed by atoms with Gasteiger partial charge in [0.25, 0.3) is 5.91 Å². The standard InChI is InChI=1S/C16H16N2O5S/c1-10(13-7-8-14(24-13)16(20)21)17-18-15(19)9-23-12-6-4-3-5-11(12)22-2/h3-8H,9H2,1-2H3,(H,18,19)(H,20,21)/p-1/b17-10-. The number of thiophene rings is 1. The second-order valence-electron chi connectivity index (χ2n) is 4.62. The van der Waals surface area contributed by atoms with Crippen molar-refractivity contribution in [3.05, 3.63) is 46.2 Å². The number of carboxylic acids is 1. The van der Waals surface area contributed by atoms with E-state index in [2.05, 4.69) is 10.5 Å². The zero-order chi connectivity index (χ0) is 17.5. The fourth-order valence-electron chi connectivity index (χ4n) is 1.76. The van der Waals surface area contributed by atoms with E-state index in [0.29, 0.717) is 22.1 Å². The summed E-state index contributed by atoms with van der Waals surface area (Å²) in [5.74, 6) is -0.712. The average molecular weight is 347 g/mol. The number of hydrogen-bond donors (Lipinski definition) is 1. The molecule has 0 saturated heterocycles. The molecule has 0 bridgehead atoms. The van der Waals surface area contributed by atoms with Crippen LogP contribution in [0.25, 0.3) is 0 Å². The molecule has 24 heavy (non-hydrogen) atoms. The minimum Gasteiger partial charge on any atom is -0.544 e. The number of para-hydroxylation sites is 2. The van der Waals surface area contributed by atoms with Crippen molar-refractivity contribution in [2.24, 2.45) is 5.10 Å². The molecule has 0 fully saturated rings. The predicted molar refractivity (Wildman–Crippen MR) is 87.5 cm³/mol. The summed E-state index contributed by atoms with van der Waals surface area (Å²) < 4.78 is 10.5. The number of carbonyl (C=O) groups is 2. The first-order valence-electron chi connectivity index (χ1n) is 6.91. The van der Waals surface area contributed by atoms with E-state index in [9.17, 15) is 14.7 Å². The Morgan fingerprint density at radius 2 is 1.83 bits per heavy atom. The summed E-state index contributed by atoms with van der Waals surface area (Å²) in [6, 6.07) is 10.0. The first-order chi connectivity index (χ1) is 11.5. The molecule has 0 radical (unpaired) electrons. The van der Waals surface area contributed by atoms with Crippen LogP contribution >= 0.6 is 11.3 Å². The maximum Gasteiger partial charge on any atom is 0.277 e. The highest BCUT2D eigenvalue weighted by Gasteiger charge is 2.08. The Hall–Kier alpha value is -2.87. The molecule has 1 N–H and O–H groups in total. The second-order valence-corrected chi connectivity index (χ2v) is 5.71. The first kappa shape index (κ1) is 17.5. The van der Waals surface area contributed by atoms with Crippen molar-refractivity contribution >= 4 is 28.9 Å². The van der Waals surface area contributed by atoms with Crippen molar-refractivity contribution < 1.29 is 24.2 Å². The zero-order valence-electron chi connectivity index (χ0n) is 13.1. The SMILES string of the molecule is COc1ccccc1OCC(=O)N/N=C(/C)c1ccc(C(=O)[O-])s1. The number of amides is 1. The Bertz CT molecular complexity index is 769. The molecule has 7 nitrogen and oxygen atoms in total. The topological polar surface area (TPSA) is 100 Å². The number of methoxy groups -OCH3 is 1. The maximum atomic E-state index is 11.8. The highest BCUT2D eigenvalue weighted by Crippen LogP contribution is 2.25. The summed E-state index contributed by atoms with van der Waals surface area (Å²) in [5.41, 5.74) is 2.84. The van der Waals surface area contributed by atoms with E-state index in [1.165, 1.54) is 13.2 Å². The van der Waals surface area contributed by atoms with Gasteiger partial charge in [0.2, 0.25) is 0 Å². The van der Waals surface area contributed by atoms with Gasteiger partial charge in [-0.15, -0.1) is 11.3 Å². The molecule has 1 aromatic heterocycles. The lowest BCUT2D eigenvalue weighted by Crippen LogP contribution is -2.25. The monoisotopic (exact) mass is 347 g/mol. The van der Waals surface area contributed by atoms with Crippen LogP contribution in [-0.2, 0) is 4.79 Å². The van der Waals surface area contributed by atoms with Gasteiger partial charge in [-0.1, -0.05) is 12.1 Å². The number of ether oxygens (including phenoxy) is 2. The lowest BCUT2D eigenvalue weighted by Gasteiger charge is -2.09. The molecule has 0 aliphatic rings. The summed E-state index contributed by atoms with van der Waals surface area (Å²) in [5, 5.41) is 14.7. The molecule has 0 aliphatic heterocycles. The van der Waals surface area contributed by atoms with Crippen LogP contribution in [0.15, 0.2) is 41.5 Å². The van der Waals surface area contributed by atoms with Crippen LogP contribution in [0.1, 0.15) is 21.5 Å². The third-order valence-corrected chi connectivity index (χ3v) is 4.11. The molecule has 1 amide bonds. The van der Waals surface area contributed by atoms with Gasteiger partial charge in [0.1, 0.15) is 0 Å². The molecule has 0 unspecified atom stereocenters. The lowest BCUT2D eigenvalue weighted by atomic mass is 10.3. The third-order valence-electron chi connectivity index (χ3n) is 2.94. The number of nitrogens with one attached hydrogen (secondary N) is 1. The second kappa shape index (κ2) is 8.11. The minimum atomic E-state index is -1.24. The number of aromatic carboxylic acids is 1. The van der Waals surface area contributed by atoms with Gasteiger partial charge in [-0.3, -0.25) is 4.79 Å². The number of hydrogen-bond acceptors (Lipinski definition) is 7. The molecule has 0 atom stereocenters. The Kier molecular flexibility index (Phi) is 5.91. The van der Waals surface area contributed by atoms with Crippen molar-refractivity contribution in [2.45, 2.75) is 6.92 Å². The van der Waals surface area contributed by atoms with Crippen LogP contribution in [0.5, 0.6) is 11.5 Å². The molecule has 0 aliphatic carbocycles. The van der Waals surface area contributed by atoms with Gasteiger partial charge in [0.15, 0.2) is 18.1 Å². The van der Waals surface area contributed by atoms with E-state index in [4.69, 9.17) is 9.47 Å². The number of carboxylic acid groups (broad SMARTS) is 1. The zero-order valence-corrected chi connectivity index (χ0v) is 13.9. The highest BCUT2D eigenvalue weighted by atomic mass is 32.1. The highest BCUT2D eigenvalue weighted by molar-refractivity contribution is 7.15. The predicted octanol–water partition coefficient (Wildman–Crippen LogP) is 1.04. The van der Waals surface area contributed by atoms with Crippen LogP contribution in [0.4, 0.5) is 0 Å². The summed E-state index contributed by atoms with van der Waals surface area (Å²) in [6.07, 6.45) is 0. The summed E-state index contributed by atoms with van der Waals surface area (Å²) in [4.78, 5) is 23.2. The van der Waals surface area contributed by atoms with Crippen LogP contribution in [-0.4, -0.2) is 31.3 Å². The van der Waals surface area contributed by atoms with Crippen molar-refractivity contribution in [1.29, 1.82) is 0 Å². The van der Waals surface area contributed by atoms with Crippen molar-refractivity contribution in [1.82, 2.24) is 5.43 Å². The molecule has 2 aromatic rings. The van der Waals surface area contributed by atoms with Crippen molar-refractivity contribution in [3.8, 4) is 11.5 Å². The van der Waals surface area contributed by atoms with Crippen LogP contribution in [0.2, 0.25) is 0 Å². The molecule has 8 heteroatoms. The Morgan fingerprint density at radius 1 is 1.17 bits per heavy atom. The van der Waals surface area contributed by atoms with Crippen LogP contribution in [0.3, 0.4) is 0 Å².